The lowest BCUT2D eigenvalue weighted by Gasteiger charge is -2.11. The summed E-state index contributed by atoms with van der Waals surface area (Å²) >= 11 is 0. The molecular weight excluding hydrogens is 331 g/mol. The fourth-order valence-corrected chi connectivity index (χ4v) is 2.57. The maximum atomic E-state index is 13.6. The van der Waals surface area contributed by atoms with Gasteiger partial charge in [0.15, 0.2) is 5.69 Å². The van der Waals surface area contributed by atoms with E-state index >= 15 is 0 Å². The molecule has 0 N–H and O–H groups in total. The number of hydrogen-bond acceptors (Lipinski definition) is 3. The molecule has 0 radical (unpaired) electrons. The molecule has 4 nitrogen and oxygen atoms in total. The van der Waals surface area contributed by atoms with E-state index in [1.54, 1.807) is 24.3 Å². The molecule has 3 aromatic rings. The molecule has 0 spiro atoms. The summed E-state index contributed by atoms with van der Waals surface area (Å²) in [6.07, 6.45) is -4.11. The monoisotopic (exact) mass is 347 g/mol. The minimum Gasteiger partial charge on any atom is -0.497 e. The van der Waals surface area contributed by atoms with Gasteiger partial charge in [-0.05, 0) is 36.2 Å². The first-order valence-electron chi connectivity index (χ1n) is 7.68. The van der Waals surface area contributed by atoms with Crippen molar-refractivity contribution in [3.8, 4) is 17.0 Å². The number of benzene rings is 2. The lowest BCUT2D eigenvalue weighted by Crippen LogP contribution is -2.16. The normalized spacial score (nSPS) is 11.5. The number of aryl methyl sites for hydroxylation is 2. The highest BCUT2D eigenvalue weighted by atomic mass is 19.4. The van der Waals surface area contributed by atoms with Crippen LogP contribution >= 0.6 is 0 Å². The van der Waals surface area contributed by atoms with Crippen molar-refractivity contribution in [2.24, 2.45) is 0 Å². The summed E-state index contributed by atoms with van der Waals surface area (Å²) in [5.41, 5.74) is 0.271. The summed E-state index contributed by atoms with van der Waals surface area (Å²) < 4.78 is 46.7. The Bertz CT molecular complexity index is 827. The molecule has 0 aliphatic carbocycles. The minimum absolute atomic E-state index is 0.0992. The number of rotatable bonds is 5. The number of nitrogens with zero attached hydrogens (tertiary/aromatic N) is 3. The van der Waals surface area contributed by atoms with E-state index in [0.717, 1.165) is 10.2 Å². The van der Waals surface area contributed by atoms with Crippen LogP contribution in [0.25, 0.3) is 11.3 Å². The van der Waals surface area contributed by atoms with Gasteiger partial charge in [-0.3, -0.25) is 0 Å². The standard InChI is InChI=1S/C18H16F3N3O/c1-25-15-9-7-14(8-10-15)16-17(18(19,20)21)24(23-22-16)12-11-13-5-3-2-4-6-13/h2-10H,11-12H2,1H3. The number of alkyl halides is 3. The number of methoxy groups -OCH3 is 1. The lowest BCUT2D eigenvalue weighted by atomic mass is 10.1. The molecule has 1 heterocycles. The molecular formula is C18H16F3N3O. The van der Waals surface area contributed by atoms with Crippen LogP contribution in [0.4, 0.5) is 13.2 Å². The van der Waals surface area contributed by atoms with Crippen molar-refractivity contribution in [3.05, 3.63) is 65.9 Å². The molecule has 0 amide bonds. The fourth-order valence-electron chi connectivity index (χ4n) is 2.57. The zero-order chi connectivity index (χ0) is 17.9. The van der Waals surface area contributed by atoms with E-state index in [9.17, 15) is 13.2 Å². The summed E-state index contributed by atoms with van der Waals surface area (Å²) in [7, 11) is 1.50. The SMILES string of the molecule is COc1ccc(-c2nnn(CCc3ccccc3)c2C(F)(F)F)cc1. The molecule has 0 unspecified atom stereocenters. The van der Waals surface area contributed by atoms with E-state index in [-0.39, 0.29) is 12.2 Å². The maximum absolute atomic E-state index is 13.6. The Morgan fingerprint density at radius 1 is 1.00 bits per heavy atom. The van der Waals surface area contributed by atoms with Gasteiger partial charge in [-0.15, -0.1) is 5.10 Å². The Morgan fingerprint density at radius 2 is 1.68 bits per heavy atom. The molecule has 2 aromatic carbocycles. The average molecular weight is 347 g/mol. The largest absolute Gasteiger partial charge is 0.497 e. The number of halogens is 3. The van der Waals surface area contributed by atoms with Gasteiger partial charge >= 0.3 is 6.18 Å². The van der Waals surface area contributed by atoms with Crippen molar-refractivity contribution in [2.75, 3.05) is 7.11 Å². The molecule has 0 bridgehead atoms. The van der Waals surface area contributed by atoms with Crippen molar-refractivity contribution in [3.63, 3.8) is 0 Å². The van der Waals surface area contributed by atoms with Gasteiger partial charge in [-0.25, -0.2) is 4.68 Å². The highest BCUT2D eigenvalue weighted by Crippen LogP contribution is 2.36. The number of hydrogen-bond donors (Lipinski definition) is 0. The topological polar surface area (TPSA) is 39.9 Å². The maximum Gasteiger partial charge on any atom is 0.435 e. The van der Waals surface area contributed by atoms with Gasteiger partial charge in [-0.1, -0.05) is 35.5 Å². The smallest absolute Gasteiger partial charge is 0.435 e. The summed E-state index contributed by atoms with van der Waals surface area (Å²) in [6.45, 7) is 0.0992. The van der Waals surface area contributed by atoms with E-state index in [2.05, 4.69) is 10.3 Å². The van der Waals surface area contributed by atoms with E-state index in [0.29, 0.717) is 17.7 Å². The first-order chi connectivity index (χ1) is 12.0. The molecule has 0 saturated heterocycles. The molecule has 3 rings (SSSR count). The summed E-state index contributed by atoms with van der Waals surface area (Å²) in [5, 5.41) is 7.50. The molecule has 0 aliphatic heterocycles. The molecule has 7 heteroatoms. The van der Waals surface area contributed by atoms with Crippen LogP contribution in [0.5, 0.6) is 5.75 Å². The van der Waals surface area contributed by atoms with E-state index in [1.807, 2.05) is 30.3 Å². The van der Waals surface area contributed by atoms with Crippen LogP contribution in [0, 0.1) is 0 Å². The highest BCUT2D eigenvalue weighted by Gasteiger charge is 2.39. The Labute approximate surface area is 142 Å². The highest BCUT2D eigenvalue weighted by molar-refractivity contribution is 5.62. The predicted octanol–water partition coefficient (Wildman–Crippen LogP) is 4.22. The molecule has 0 atom stereocenters. The quantitative estimate of drug-likeness (QED) is 0.694. The van der Waals surface area contributed by atoms with Gasteiger partial charge in [0.25, 0.3) is 0 Å². The third-order valence-corrected chi connectivity index (χ3v) is 3.82. The summed E-state index contributed by atoms with van der Waals surface area (Å²) in [6, 6.07) is 15.6. The molecule has 0 aliphatic rings. The molecule has 0 fully saturated rings. The van der Waals surface area contributed by atoms with Gasteiger partial charge in [-0.2, -0.15) is 13.2 Å². The first kappa shape index (κ1) is 17.0. The fraction of sp³-hybridized carbons (Fsp3) is 0.222. The first-order valence-corrected chi connectivity index (χ1v) is 7.68. The van der Waals surface area contributed by atoms with Crippen LogP contribution in [0.1, 0.15) is 11.3 Å². The van der Waals surface area contributed by atoms with E-state index in [4.69, 9.17) is 4.74 Å². The predicted molar refractivity (Wildman–Crippen MR) is 87.2 cm³/mol. The number of ether oxygens (including phenoxy) is 1. The van der Waals surface area contributed by atoms with Crippen LogP contribution in [0.3, 0.4) is 0 Å². The minimum atomic E-state index is -4.55. The van der Waals surface area contributed by atoms with Gasteiger partial charge < -0.3 is 4.74 Å². The van der Waals surface area contributed by atoms with E-state index < -0.39 is 11.9 Å². The van der Waals surface area contributed by atoms with Crippen LogP contribution in [0.2, 0.25) is 0 Å². The van der Waals surface area contributed by atoms with Gasteiger partial charge in [0, 0.05) is 12.1 Å². The second-order valence-electron chi connectivity index (χ2n) is 5.47. The van der Waals surface area contributed by atoms with Crippen molar-refractivity contribution >= 4 is 0 Å². The Balaban J connectivity index is 1.92. The third-order valence-electron chi connectivity index (χ3n) is 3.82. The van der Waals surface area contributed by atoms with Crippen LogP contribution in [-0.4, -0.2) is 22.1 Å². The Hall–Kier alpha value is -2.83. The zero-order valence-corrected chi connectivity index (χ0v) is 13.5. The van der Waals surface area contributed by atoms with Crippen molar-refractivity contribution < 1.29 is 17.9 Å². The summed E-state index contributed by atoms with van der Waals surface area (Å²) in [4.78, 5) is 0. The molecule has 130 valence electrons. The van der Waals surface area contributed by atoms with Gasteiger partial charge in [0.1, 0.15) is 11.4 Å². The average Bonchev–Trinajstić information content (AvgIpc) is 3.05. The second kappa shape index (κ2) is 6.96. The van der Waals surface area contributed by atoms with E-state index in [1.165, 1.54) is 7.11 Å². The summed E-state index contributed by atoms with van der Waals surface area (Å²) in [5.74, 6) is 0.564. The Kier molecular flexibility index (Phi) is 4.74. The Morgan fingerprint density at radius 3 is 2.28 bits per heavy atom. The molecule has 1 aromatic heterocycles. The van der Waals surface area contributed by atoms with Crippen LogP contribution < -0.4 is 4.74 Å². The molecule has 0 saturated carbocycles. The number of aromatic nitrogens is 3. The second-order valence-corrected chi connectivity index (χ2v) is 5.47. The van der Waals surface area contributed by atoms with Crippen LogP contribution in [-0.2, 0) is 19.1 Å². The third kappa shape index (κ3) is 3.81. The van der Waals surface area contributed by atoms with Crippen molar-refractivity contribution in [1.82, 2.24) is 15.0 Å². The lowest BCUT2D eigenvalue weighted by molar-refractivity contribution is -0.143. The molecule has 25 heavy (non-hydrogen) atoms. The van der Waals surface area contributed by atoms with Gasteiger partial charge in [0.2, 0.25) is 0 Å². The zero-order valence-electron chi connectivity index (χ0n) is 13.5. The van der Waals surface area contributed by atoms with Crippen LogP contribution in [0.15, 0.2) is 54.6 Å². The van der Waals surface area contributed by atoms with Gasteiger partial charge in [0.05, 0.1) is 7.11 Å². The van der Waals surface area contributed by atoms with Crippen molar-refractivity contribution in [1.29, 1.82) is 0 Å². The van der Waals surface area contributed by atoms with Crippen molar-refractivity contribution in [2.45, 2.75) is 19.1 Å².